The van der Waals surface area contributed by atoms with Gasteiger partial charge in [-0.15, -0.1) is 11.6 Å². The number of hydrogen-bond acceptors (Lipinski definition) is 3. The molecule has 1 aromatic rings. The second-order valence-electron chi connectivity index (χ2n) is 2.46. The van der Waals surface area contributed by atoms with Crippen molar-refractivity contribution in [1.82, 2.24) is 15.3 Å². The van der Waals surface area contributed by atoms with Gasteiger partial charge in [0.05, 0.1) is 5.69 Å². The lowest BCUT2D eigenvalue weighted by Crippen LogP contribution is -2.13. The molecule has 0 saturated carbocycles. The van der Waals surface area contributed by atoms with Crippen molar-refractivity contribution in [2.45, 2.75) is 6.54 Å². The monoisotopic (exact) mass is 197 g/mol. The van der Waals surface area contributed by atoms with Crippen molar-refractivity contribution in [3.8, 4) is 0 Å². The normalized spacial score (nSPS) is 10.8. The highest BCUT2D eigenvalue weighted by molar-refractivity contribution is 6.18. The third-order valence-electron chi connectivity index (χ3n) is 1.47. The number of alkyl halides is 1. The van der Waals surface area contributed by atoms with Crippen LogP contribution in [0.3, 0.4) is 0 Å². The maximum atomic E-state index is 5.46. The van der Waals surface area contributed by atoms with Crippen LogP contribution >= 0.6 is 11.6 Å². The van der Waals surface area contributed by atoms with Gasteiger partial charge < -0.3 is 5.32 Å². The van der Waals surface area contributed by atoms with E-state index >= 15 is 0 Å². The zero-order valence-corrected chi connectivity index (χ0v) is 8.04. The van der Waals surface area contributed by atoms with Gasteiger partial charge in [-0.3, -0.25) is 0 Å². The van der Waals surface area contributed by atoms with E-state index in [9.17, 15) is 0 Å². The topological polar surface area (TPSA) is 37.8 Å². The third kappa shape index (κ3) is 4.60. The number of hydrogen-bond donors (Lipinski definition) is 1. The molecule has 13 heavy (non-hydrogen) atoms. The summed E-state index contributed by atoms with van der Waals surface area (Å²) >= 11 is 5.46. The molecule has 1 heterocycles. The van der Waals surface area contributed by atoms with Crippen LogP contribution in [0.2, 0.25) is 0 Å². The van der Waals surface area contributed by atoms with Crippen molar-refractivity contribution in [1.29, 1.82) is 0 Å². The first-order valence-electron chi connectivity index (χ1n) is 4.10. The molecule has 0 bridgehead atoms. The predicted molar refractivity (Wildman–Crippen MR) is 53.6 cm³/mol. The Morgan fingerprint density at radius 1 is 1.46 bits per heavy atom. The SMILES string of the molecule is ClC/C=C/CNCc1ccncn1. The highest BCUT2D eigenvalue weighted by Gasteiger charge is 1.89. The van der Waals surface area contributed by atoms with Gasteiger partial charge in [0, 0.05) is 25.2 Å². The van der Waals surface area contributed by atoms with Crippen LogP contribution in [0.25, 0.3) is 0 Å². The molecule has 0 aliphatic heterocycles. The Morgan fingerprint density at radius 2 is 2.38 bits per heavy atom. The Labute approximate surface area is 82.9 Å². The molecule has 0 fully saturated rings. The standard InChI is InChI=1S/C9H12ClN3/c10-4-1-2-5-11-7-9-3-6-12-8-13-9/h1-3,6,8,11H,4-5,7H2/b2-1+. The Kier molecular flexibility index (Phi) is 5.13. The molecule has 1 aromatic heterocycles. The van der Waals surface area contributed by atoms with Crippen molar-refractivity contribution in [2.24, 2.45) is 0 Å². The summed E-state index contributed by atoms with van der Waals surface area (Å²) in [6.45, 7) is 1.58. The van der Waals surface area contributed by atoms with Gasteiger partial charge in [-0.25, -0.2) is 9.97 Å². The average Bonchev–Trinajstić information content (AvgIpc) is 2.19. The number of allylic oxidation sites excluding steroid dienone is 1. The molecular formula is C9H12ClN3. The first-order chi connectivity index (χ1) is 6.43. The molecule has 0 aliphatic rings. The summed E-state index contributed by atoms with van der Waals surface area (Å²) < 4.78 is 0. The van der Waals surface area contributed by atoms with Crippen molar-refractivity contribution in [2.75, 3.05) is 12.4 Å². The highest BCUT2D eigenvalue weighted by Crippen LogP contribution is 1.88. The number of rotatable bonds is 5. The molecular weight excluding hydrogens is 186 g/mol. The first kappa shape index (κ1) is 10.2. The zero-order chi connectivity index (χ0) is 9.36. The van der Waals surface area contributed by atoms with E-state index in [-0.39, 0.29) is 0 Å². The minimum Gasteiger partial charge on any atom is -0.308 e. The minimum atomic E-state index is 0.565. The van der Waals surface area contributed by atoms with Gasteiger partial charge in [0.15, 0.2) is 0 Å². The van der Waals surface area contributed by atoms with Crippen LogP contribution in [0.4, 0.5) is 0 Å². The lowest BCUT2D eigenvalue weighted by molar-refractivity contribution is 0.736. The van der Waals surface area contributed by atoms with Gasteiger partial charge >= 0.3 is 0 Å². The molecule has 70 valence electrons. The van der Waals surface area contributed by atoms with E-state index in [1.807, 2.05) is 18.2 Å². The van der Waals surface area contributed by atoms with Crippen LogP contribution < -0.4 is 5.32 Å². The van der Waals surface area contributed by atoms with Crippen molar-refractivity contribution < 1.29 is 0 Å². The van der Waals surface area contributed by atoms with Crippen LogP contribution in [0.15, 0.2) is 30.7 Å². The van der Waals surface area contributed by atoms with E-state index in [0.717, 1.165) is 18.8 Å². The first-order valence-corrected chi connectivity index (χ1v) is 4.63. The average molecular weight is 198 g/mol. The second-order valence-corrected chi connectivity index (χ2v) is 2.77. The molecule has 0 aromatic carbocycles. The Balaban J connectivity index is 2.17. The number of halogens is 1. The van der Waals surface area contributed by atoms with Crippen LogP contribution in [0.5, 0.6) is 0 Å². The summed E-state index contributed by atoms with van der Waals surface area (Å²) in [4.78, 5) is 7.91. The molecule has 0 radical (unpaired) electrons. The van der Waals surface area contributed by atoms with Crippen molar-refractivity contribution in [3.05, 3.63) is 36.4 Å². The summed E-state index contributed by atoms with van der Waals surface area (Å²) in [7, 11) is 0. The molecule has 0 saturated heterocycles. The maximum absolute atomic E-state index is 5.46. The Hall–Kier alpha value is -0.930. The fourth-order valence-electron chi connectivity index (χ4n) is 0.853. The van der Waals surface area contributed by atoms with E-state index in [1.165, 1.54) is 0 Å². The molecule has 0 unspecified atom stereocenters. The number of aromatic nitrogens is 2. The summed E-state index contributed by atoms with van der Waals surface area (Å²) in [5.74, 6) is 0.565. The Morgan fingerprint density at radius 3 is 3.08 bits per heavy atom. The van der Waals surface area contributed by atoms with Gasteiger partial charge in [0.2, 0.25) is 0 Å². The van der Waals surface area contributed by atoms with Crippen molar-refractivity contribution in [3.63, 3.8) is 0 Å². The van der Waals surface area contributed by atoms with Gasteiger partial charge in [-0.1, -0.05) is 12.2 Å². The third-order valence-corrected chi connectivity index (χ3v) is 1.65. The summed E-state index contributed by atoms with van der Waals surface area (Å²) in [5.41, 5.74) is 0.995. The molecule has 4 heteroatoms. The van der Waals surface area contributed by atoms with Gasteiger partial charge in [0.1, 0.15) is 6.33 Å². The van der Waals surface area contributed by atoms with E-state index in [0.29, 0.717) is 5.88 Å². The second kappa shape index (κ2) is 6.57. The fourth-order valence-corrected chi connectivity index (χ4v) is 0.979. The van der Waals surface area contributed by atoms with E-state index in [4.69, 9.17) is 11.6 Å². The smallest absolute Gasteiger partial charge is 0.115 e. The van der Waals surface area contributed by atoms with Gasteiger partial charge in [0.25, 0.3) is 0 Å². The Bertz CT molecular complexity index is 248. The summed E-state index contributed by atoms with van der Waals surface area (Å²) in [6, 6.07) is 1.89. The quantitative estimate of drug-likeness (QED) is 0.440. The molecule has 0 spiro atoms. The summed E-state index contributed by atoms with van der Waals surface area (Å²) in [6.07, 6.45) is 7.19. The molecule has 0 aliphatic carbocycles. The van der Waals surface area contributed by atoms with Gasteiger partial charge in [-0.2, -0.15) is 0 Å². The molecule has 0 amide bonds. The van der Waals surface area contributed by atoms with E-state index in [1.54, 1.807) is 12.5 Å². The largest absolute Gasteiger partial charge is 0.308 e. The lowest BCUT2D eigenvalue weighted by atomic mass is 10.4. The highest BCUT2D eigenvalue weighted by atomic mass is 35.5. The van der Waals surface area contributed by atoms with E-state index < -0.39 is 0 Å². The van der Waals surface area contributed by atoms with Gasteiger partial charge in [-0.05, 0) is 6.07 Å². The van der Waals surface area contributed by atoms with Crippen LogP contribution in [0, 0.1) is 0 Å². The molecule has 1 rings (SSSR count). The van der Waals surface area contributed by atoms with Crippen LogP contribution in [-0.4, -0.2) is 22.4 Å². The number of nitrogens with one attached hydrogen (secondary N) is 1. The molecule has 0 atom stereocenters. The lowest BCUT2D eigenvalue weighted by Gasteiger charge is -1.99. The summed E-state index contributed by atoms with van der Waals surface area (Å²) in [5, 5.41) is 3.20. The van der Waals surface area contributed by atoms with Crippen LogP contribution in [-0.2, 0) is 6.54 Å². The predicted octanol–water partition coefficient (Wildman–Crippen LogP) is 1.36. The van der Waals surface area contributed by atoms with E-state index in [2.05, 4.69) is 15.3 Å². The minimum absolute atomic E-state index is 0.565. The zero-order valence-electron chi connectivity index (χ0n) is 7.28. The maximum Gasteiger partial charge on any atom is 0.115 e. The van der Waals surface area contributed by atoms with Crippen molar-refractivity contribution >= 4 is 11.6 Å². The molecule has 1 N–H and O–H groups in total. The fraction of sp³-hybridized carbons (Fsp3) is 0.333. The number of nitrogens with zero attached hydrogens (tertiary/aromatic N) is 2. The molecule has 3 nitrogen and oxygen atoms in total. The van der Waals surface area contributed by atoms with Crippen LogP contribution in [0.1, 0.15) is 5.69 Å².